The van der Waals surface area contributed by atoms with E-state index >= 15 is 0 Å². The third-order valence-electron chi connectivity index (χ3n) is 4.34. The van der Waals surface area contributed by atoms with Gasteiger partial charge in [-0.2, -0.15) is 4.98 Å². The summed E-state index contributed by atoms with van der Waals surface area (Å²) in [5.41, 5.74) is 0.963. The van der Waals surface area contributed by atoms with E-state index in [0.29, 0.717) is 30.7 Å². The summed E-state index contributed by atoms with van der Waals surface area (Å²) < 4.78 is 16.1. The molecular weight excluding hydrogens is 308 g/mol. The quantitative estimate of drug-likeness (QED) is 0.770. The van der Waals surface area contributed by atoms with Crippen molar-refractivity contribution in [2.75, 3.05) is 20.3 Å². The van der Waals surface area contributed by atoms with Crippen LogP contribution in [-0.2, 0) is 17.7 Å². The van der Waals surface area contributed by atoms with Gasteiger partial charge in [0.05, 0.1) is 18.3 Å². The Morgan fingerprint density at radius 3 is 2.96 bits per heavy atom. The number of oxazole rings is 1. The van der Waals surface area contributed by atoms with Gasteiger partial charge in [0.15, 0.2) is 11.7 Å². The SMILES string of the molecule is COCCc1noc(C2CCCCN2Cc2coc(C(C)C)n2)n1. The van der Waals surface area contributed by atoms with E-state index in [1.165, 1.54) is 12.8 Å². The lowest BCUT2D eigenvalue weighted by Crippen LogP contribution is -2.33. The lowest BCUT2D eigenvalue weighted by Gasteiger charge is -2.32. The molecule has 0 aromatic carbocycles. The Labute approximate surface area is 142 Å². The van der Waals surface area contributed by atoms with Gasteiger partial charge in [0, 0.05) is 26.0 Å². The average molecular weight is 334 g/mol. The van der Waals surface area contributed by atoms with Crippen LogP contribution in [0.25, 0.3) is 0 Å². The van der Waals surface area contributed by atoms with Gasteiger partial charge in [0.25, 0.3) is 0 Å². The molecule has 1 aliphatic rings. The Kier molecular flexibility index (Phi) is 5.63. The van der Waals surface area contributed by atoms with Gasteiger partial charge in [0.2, 0.25) is 5.89 Å². The highest BCUT2D eigenvalue weighted by molar-refractivity contribution is 5.02. The molecule has 1 aliphatic heterocycles. The first kappa shape index (κ1) is 17.1. The zero-order chi connectivity index (χ0) is 16.9. The first-order chi connectivity index (χ1) is 11.7. The van der Waals surface area contributed by atoms with Gasteiger partial charge in [0.1, 0.15) is 6.26 Å². The van der Waals surface area contributed by atoms with Crippen molar-refractivity contribution in [2.45, 2.75) is 58.0 Å². The van der Waals surface area contributed by atoms with Crippen LogP contribution < -0.4 is 0 Å². The predicted molar refractivity (Wildman–Crippen MR) is 87.5 cm³/mol. The van der Waals surface area contributed by atoms with Crippen molar-refractivity contribution in [3.63, 3.8) is 0 Å². The van der Waals surface area contributed by atoms with Crippen molar-refractivity contribution in [3.8, 4) is 0 Å². The highest BCUT2D eigenvalue weighted by Gasteiger charge is 2.29. The molecule has 24 heavy (non-hydrogen) atoms. The van der Waals surface area contributed by atoms with E-state index in [1.54, 1.807) is 13.4 Å². The second-order valence-electron chi connectivity index (χ2n) is 6.61. The lowest BCUT2D eigenvalue weighted by atomic mass is 10.0. The zero-order valence-electron chi connectivity index (χ0n) is 14.7. The molecule has 1 saturated heterocycles. The van der Waals surface area contributed by atoms with Crippen LogP contribution in [0, 0.1) is 0 Å². The van der Waals surface area contributed by atoms with Gasteiger partial charge >= 0.3 is 0 Å². The highest BCUT2D eigenvalue weighted by atomic mass is 16.5. The number of hydrogen-bond acceptors (Lipinski definition) is 7. The van der Waals surface area contributed by atoms with Crippen LogP contribution >= 0.6 is 0 Å². The van der Waals surface area contributed by atoms with Crippen molar-refractivity contribution >= 4 is 0 Å². The van der Waals surface area contributed by atoms with Gasteiger partial charge < -0.3 is 13.7 Å². The second-order valence-corrected chi connectivity index (χ2v) is 6.61. The van der Waals surface area contributed by atoms with Gasteiger partial charge in [-0.15, -0.1) is 0 Å². The number of rotatable bonds is 7. The number of ether oxygens (including phenoxy) is 1. The van der Waals surface area contributed by atoms with Crippen LogP contribution in [0.3, 0.4) is 0 Å². The van der Waals surface area contributed by atoms with E-state index in [9.17, 15) is 0 Å². The molecule has 132 valence electrons. The summed E-state index contributed by atoms with van der Waals surface area (Å²) in [6.07, 6.45) is 5.82. The molecule has 2 aromatic heterocycles. The van der Waals surface area contributed by atoms with E-state index in [0.717, 1.165) is 31.1 Å². The molecule has 2 aromatic rings. The number of hydrogen-bond donors (Lipinski definition) is 0. The normalized spacial score (nSPS) is 19.2. The van der Waals surface area contributed by atoms with Crippen LogP contribution in [0.2, 0.25) is 0 Å². The van der Waals surface area contributed by atoms with Crippen LogP contribution in [0.4, 0.5) is 0 Å². The fraction of sp³-hybridized carbons (Fsp3) is 0.706. The van der Waals surface area contributed by atoms with E-state index in [1.807, 2.05) is 0 Å². The fourth-order valence-corrected chi connectivity index (χ4v) is 3.03. The van der Waals surface area contributed by atoms with Crippen LogP contribution in [0.5, 0.6) is 0 Å². The third kappa shape index (κ3) is 4.02. The van der Waals surface area contributed by atoms with Crippen LogP contribution in [0.1, 0.15) is 68.4 Å². The minimum absolute atomic E-state index is 0.154. The standard InChI is InChI=1S/C17H26N4O3/c1-12(2)16-18-13(11-23-16)10-21-8-5-4-6-14(21)17-19-15(20-24-17)7-9-22-3/h11-12,14H,4-10H2,1-3H3. The van der Waals surface area contributed by atoms with E-state index in [2.05, 4.69) is 33.9 Å². The molecule has 0 saturated carbocycles. The Morgan fingerprint density at radius 2 is 2.21 bits per heavy atom. The molecule has 0 spiro atoms. The predicted octanol–water partition coefficient (Wildman–Crippen LogP) is 3.10. The van der Waals surface area contributed by atoms with E-state index in [-0.39, 0.29) is 6.04 Å². The monoisotopic (exact) mass is 334 g/mol. The molecule has 0 N–H and O–H groups in total. The van der Waals surface area contributed by atoms with Crippen LogP contribution in [-0.4, -0.2) is 40.3 Å². The molecule has 0 bridgehead atoms. The summed E-state index contributed by atoms with van der Waals surface area (Å²) in [5, 5.41) is 4.07. The van der Waals surface area contributed by atoms with Gasteiger partial charge in [-0.1, -0.05) is 25.4 Å². The first-order valence-electron chi connectivity index (χ1n) is 8.67. The summed E-state index contributed by atoms with van der Waals surface area (Å²) in [4.78, 5) is 11.5. The third-order valence-corrected chi connectivity index (χ3v) is 4.34. The minimum Gasteiger partial charge on any atom is -0.448 e. The van der Waals surface area contributed by atoms with Gasteiger partial charge in [-0.05, 0) is 19.4 Å². The molecule has 3 rings (SSSR count). The number of piperidine rings is 1. The number of methoxy groups -OCH3 is 1. The molecule has 0 amide bonds. The number of likely N-dealkylation sites (tertiary alicyclic amines) is 1. The van der Waals surface area contributed by atoms with Gasteiger partial charge in [-0.3, -0.25) is 4.90 Å². The Bertz CT molecular complexity index is 637. The molecule has 7 nitrogen and oxygen atoms in total. The van der Waals surface area contributed by atoms with Crippen molar-refractivity contribution in [2.24, 2.45) is 0 Å². The molecule has 7 heteroatoms. The molecule has 3 heterocycles. The van der Waals surface area contributed by atoms with Crippen molar-refractivity contribution in [1.29, 1.82) is 0 Å². The van der Waals surface area contributed by atoms with Crippen molar-refractivity contribution in [1.82, 2.24) is 20.0 Å². The summed E-state index contributed by atoms with van der Waals surface area (Å²) >= 11 is 0. The fourth-order valence-electron chi connectivity index (χ4n) is 3.03. The van der Waals surface area contributed by atoms with E-state index in [4.69, 9.17) is 13.7 Å². The number of aromatic nitrogens is 3. The summed E-state index contributed by atoms with van der Waals surface area (Å²) in [6, 6.07) is 0.154. The Morgan fingerprint density at radius 1 is 1.33 bits per heavy atom. The topological polar surface area (TPSA) is 77.4 Å². The molecular formula is C17H26N4O3. The molecule has 0 radical (unpaired) electrons. The second kappa shape index (κ2) is 7.90. The molecule has 0 aliphatic carbocycles. The van der Waals surface area contributed by atoms with Crippen molar-refractivity contribution < 1.29 is 13.7 Å². The van der Waals surface area contributed by atoms with Crippen molar-refractivity contribution in [3.05, 3.63) is 29.6 Å². The first-order valence-corrected chi connectivity index (χ1v) is 8.67. The maximum absolute atomic E-state index is 5.55. The number of nitrogens with zero attached hydrogens (tertiary/aromatic N) is 4. The lowest BCUT2D eigenvalue weighted by molar-refractivity contribution is 0.110. The highest BCUT2D eigenvalue weighted by Crippen LogP contribution is 2.31. The Hall–Kier alpha value is -1.73. The maximum atomic E-state index is 5.55. The zero-order valence-corrected chi connectivity index (χ0v) is 14.7. The molecule has 1 atom stereocenters. The van der Waals surface area contributed by atoms with Crippen LogP contribution in [0.15, 0.2) is 15.2 Å². The largest absolute Gasteiger partial charge is 0.448 e. The summed E-state index contributed by atoms with van der Waals surface area (Å²) in [6.45, 7) is 6.52. The Balaban J connectivity index is 1.69. The minimum atomic E-state index is 0.154. The average Bonchev–Trinajstić information content (AvgIpc) is 3.23. The molecule has 1 unspecified atom stereocenters. The summed E-state index contributed by atoms with van der Waals surface area (Å²) in [5.74, 6) is 2.50. The van der Waals surface area contributed by atoms with E-state index < -0.39 is 0 Å². The summed E-state index contributed by atoms with van der Waals surface area (Å²) in [7, 11) is 1.67. The van der Waals surface area contributed by atoms with Gasteiger partial charge in [-0.25, -0.2) is 4.98 Å². The smallest absolute Gasteiger partial charge is 0.244 e. The maximum Gasteiger partial charge on any atom is 0.244 e. The molecule has 1 fully saturated rings.